The van der Waals surface area contributed by atoms with E-state index in [2.05, 4.69) is 25.6 Å². The van der Waals surface area contributed by atoms with Crippen LogP contribution >= 0.6 is 0 Å². The van der Waals surface area contributed by atoms with Crippen LogP contribution in [0.5, 0.6) is 0 Å². The highest BCUT2D eigenvalue weighted by Gasteiger charge is 2.24. The van der Waals surface area contributed by atoms with E-state index in [-0.39, 0.29) is 23.0 Å². The molecule has 1 aliphatic rings. The third-order valence-electron chi connectivity index (χ3n) is 4.53. The average Bonchev–Trinajstić information content (AvgIpc) is 3.21. The number of anilines is 4. The van der Waals surface area contributed by atoms with Gasteiger partial charge in [0.25, 0.3) is 0 Å². The number of nitrogens with zero attached hydrogens (tertiary/aromatic N) is 5. The van der Waals surface area contributed by atoms with Crippen LogP contribution < -0.4 is 15.7 Å². The van der Waals surface area contributed by atoms with E-state index in [1.54, 1.807) is 24.3 Å². The zero-order chi connectivity index (χ0) is 22.7. The number of hydrogen-bond donors (Lipinski definition) is 3. The molecule has 0 spiro atoms. The van der Waals surface area contributed by atoms with Crippen molar-refractivity contribution in [3.63, 3.8) is 0 Å². The van der Waals surface area contributed by atoms with Gasteiger partial charge < -0.3 is 25.6 Å². The Hall–Kier alpha value is -4.67. The van der Waals surface area contributed by atoms with Crippen LogP contribution in [-0.2, 0) is 0 Å². The van der Waals surface area contributed by atoms with Gasteiger partial charge in [-0.25, -0.2) is 4.79 Å². The molecule has 11 heteroatoms. The van der Waals surface area contributed by atoms with Gasteiger partial charge >= 0.3 is 18.3 Å². The predicted octanol–water partition coefficient (Wildman–Crippen LogP) is 0.819. The Morgan fingerprint density at radius 2 is 1.44 bits per heavy atom. The molecule has 1 aromatic heterocycles. The van der Waals surface area contributed by atoms with Gasteiger partial charge in [-0.05, 0) is 42.0 Å². The van der Waals surface area contributed by atoms with Crippen molar-refractivity contribution in [2.45, 2.75) is 0 Å². The van der Waals surface area contributed by atoms with Gasteiger partial charge in [-0.1, -0.05) is 16.7 Å². The Labute approximate surface area is 182 Å². The van der Waals surface area contributed by atoms with E-state index in [0.717, 1.165) is 0 Å². The summed E-state index contributed by atoms with van der Waals surface area (Å²) in [6, 6.07) is 12.2. The Morgan fingerprint density at radius 1 is 0.906 bits per heavy atom. The molecule has 160 valence electrons. The standard InChI is InChI=1S/C21H17N7O4/c1-27-10-11-28(12-27)21-25-19(22-15-6-2-13(3-7-15)17(29)30)24-20(26-21)23-16-8-4-14(5-9-16)18(31)32/h2-10,12H,11H2,1H3,(H2-2,22,23,24,25,26,29,30,31,32)/p+1. The van der Waals surface area contributed by atoms with Crippen LogP contribution in [0.15, 0.2) is 48.5 Å². The predicted molar refractivity (Wildman–Crippen MR) is 114 cm³/mol. The molecule has 0 saturated carbocycles. The molecular formula is C21H18N7O4+. The number of nitrogens with one attached hydrogen (secondary N) is 2. The second-order valence-corrected chi connectivity index (χ2v) is 6.90. The molecule has 0 fully saturated rings. The van der Waals surface area contributed by atoms with E-state index >= 15 is 0 Å². The van der Waals surface area contributed by atoms with Crippen LogP contribution in [0.25, 0.3) is 0 Å². The minimum atomic E-state index is -1.26. The van der Waals surface area contributed by atoms with E-state index in [9.17, 15) is 14.7 Å². The fraction of sp³-hybridized carbons (Fsp3) is 0.0952. The van der Waals surface area contributed by atoms with E-state index in [0.29, 0.717) is 23.9 Å². The molecule has 32 heavy (non-hydrogen) atoms. The Kier molecular flexibility index (Phi) is 5.53. The Balaban J connectivity index is 1.64. The highest BCUT2D eigenvalue weighted by Crippen LogP contribution is 2.20. The van der Waals surface area contributed by atoms with Crippen molar-refractivity contribution in [2.24, 2.45) is 0 Å². The van der Waals surface area contributed by atoms with Crippen LogP contribution in [0.1, 0.15) is 20.7 Å². The highest BCUT2D eigenvalue weighted by molar-refractivity contribution is 5.88. The summed E-state index contributed by atoms with van der Waals surface area (Å²) >= 11 is 0. The van der Waals surface area contributed by atoms with Crippen molar-refractivity contribution >= 4 is 53.7 Å². The van der Waals surface area contributed by atoms with Crippen LogP contribution in [0.3, 0.4) is 0 Å². The third kappa shape index (κ3) is 4.73. The number of hydrogen-bond acceptors (Lipinski definition) is 8. The first-order valence-corrected chi connectivity index (χ1v) is 9.49. The van der Waals surface area contributed by atoms with Gasteiger partial charge in [-0.2, -0.15) is 4.98 Å². The van der Waals surface area contributed by atoms with Gasteiger partial charge in [0, 0.05) is 11.4 Å². The van der Waals surface area contributed by atoms with Gasteiger partial charge in [0.2, 0.25) is 24.7 Å². The number of benzene rings is 2. The zero-order valence-electron chi connectivity index (χ0n) is 16.9. The number of carbonyl (C=O) groups is 2. The maximum atomic E-state index is 11.1. The molecule has 0 amide bonds. The summed E-state index contributed by atoms with van der Waals surface area (Å²) in [5, 5.41) is 26.1. The summed E-state index contributed by atoms with van der Waals surface area (Å²) in [4.78, 5) is 35.3. The minimum Gasteiger partial charge on any atom is -0.545 e. The quantitative estimate of drug-likeness (QED) is 0.462. The lowest BCUT2D eigenvalue weighted by Gasteiger charge is -2.09. The summed E-state index contributed by atoms with van der Waals surface area (Å²) in [6.07, 6.45) is 3.78. The summed E-state index contributed by atoms with van der Waals surface area (Å²) in [5.74, 6) is -1.40. The van der Waals surface area contributed by atoms with Crippen molar-refractivity contribution in [2.75, 3.05) is 24.2 Å². The van der Waals surface area contributed by atoms with Crippen molar-refractivity contribution in [1.29, 1.82) is 0 Å². The van der Waals surface area contributed by atoms with Crippen molar-refractivity contribution < 1.29 is 29.0 Å². The monoisotopic (exact) mass is 432 g/mol. The third-order valence-corrected chi connectivity index (χ3v) is 4.53. The molecule has 0 atom stereocenters. The molecule has 0 saturated heterocycles. The molecule has 3 aromatic rings. The molecule has 0 radical (unpaired) electrons. The number of carboxylic acid groups (broad SMARTS) is 2. The van der Waals surface area contributed by atoms with Gasteiger partial charge in [0.1, 0.15) is 7.05 Å². The summed E-state index contributed by atoms with van der Waals surface area (Å²) in [5.41, 5.74) is 1.41. The molecule has 2 heterocycles. The highest BCUT2D eigenvalue weighted by atomic mass is 16.4. The number of aromatic carboxylic acids is 2. The number of carbonyl (C=O) groups excluding carboxylic acids is 1. The smallest absolute Gasteiger partial charge is 0.417 e. The lowest BCUT2D eigenvalue weighted by atomic mass is 10.2. The maximum absolute atomic E-state index is 11.1. The first-order valence-electron chi connectivity index (χ1n) is 9.49. The lowest BCUT2D eigenvalue weighted by Crippen LogP contribution is -2.21. The minimum absolute atomic E-state index is 0.0595. The second kappa shape index (κ2) is 8.60. The molecular weight excluding hydrogens is 414 g/mol. The average molecular weight is 432 g/mol. The van der Waals surface area contributed by atoms with Crippen LogP contribution in [0, 0.1) is 0 Å². The zero-order valence-corrected chi connectivity index (χ0v) is 16.9. The SMILES string of the molecule is C[N+]1=CC[N+](c2nc(Nc3ccc(C(=O)[O-])cc3)nc(Nc3ccc(C(=O)O)cc3)n2)=C1. The molecule has 11 nitrogen and oxygen atoms in total. The van der Waals surface area contributed by atoms with Crippen LogP contribution in [0.4, 0.5) is 29.2 Å². The first-order chi connectivity index (χ1) is 15.4. The summed E-state index contributed by atoms with van der Waals surface area (Å²) in [7, 11) is 1.89. The molecule has 3 N–H and O–H groups in total. The van der Waals surface area contributed by atoms with E-state index < -0.39 is 11.9 Å². The van der Waals surface area contributed by atoms with Gasteiger partial charge in [0.15, 0.2) is 0 Å². The molecule has 4 rings (SSSR count). The van der Waals surface area contributed by atoms with Gasteiger partial charge in [0.05, 0.1) is 11.5 Å². The van der Waals surface area contributed by atoms with Crippen molar-refractivity contribution in [3.05, 3.63) is 59.7 Å². The number of rotatable bonds is 7. The molecule has 0 unspecified atom stereocenters. The fourth-order valence-electron chi connectivity index (χ4n) is 2.91. The molecule has 2 aromatic carbocycles. The Morgan fingerprint density at radius 3 is 1.88 bits per heavy atom. The molecule has 0 aliphatic carbocycles. The van der Waals surface area contributed by atoms with E-state index in [1.165, 1.54) is 24.3 Å². The van der Waals surface area contributed by atoms with Gasteiger partial charge in [-0.3, -0.25) is 0 Å². The Bertz CT molecular complexity index is 1170. The summed E-state index contributed by atoms with van der Waals surface area (Å²) in [6.45, 7) is 0.576. The first kappa shape index (κ1) is 20.6. The van der Waals surface area contributed by atoms with E-state index in [4.69, 9.17) is 5.11 Å². The van der Waals surface area contributed by atoms with Crippen molar-refractivity contribution in [3.8, 4) is 0 Å². The van der Waals surface area contributed by atoms with Crippen LogP contribution in [0.2, 0.25) is 0 Å². The lowest BCUT2D eigenvalue weighted by molar-refractivity contribution is -0.465. The molecule has 1 aliphatic heterocycles. The second-order valence-electron chi connectivity index (χ2n) is 6.90. The fourth-order valence-corrected chi connectivity index (χ4v) is 2.91. The van der Waals surface area contributed by atoms with E-state index in [1.807, 2.05) is 28.8 Å². The normalized spacial score (nSPS) is 12.7. The summed E-state index contributed by atoms with van der Waals surface area (Å²) < 4.78 is 3.71. The van der Waals surface area contributed by atoms with Crippen LogP contribution in [-0.4, -0.2) is 67.3 Å². The van der Waals surface area contributed by atoms with Crippen molar-refractivity contribution in [1.82, 2.24) is 15.0 Å². The number of aromatic nitrogens is 3. The topological polar surface area (TPSA) is 146 Å². The maximum Gasteiger partial charge on any atom is 0.417 e. The largest absolute Gasteiger partial charge is 0.545 e. The number of carboxylic acids is 2. The van der Waals surface area contributed by atoms with Gasteiger partial charge in [-0.15, -0.1) is 14.5 Å². The molecule has 0 bridgehead atoms.